The summed E-state index contributed by atoms with van der Waals surface area (Å²) in [7, 11) is 2.96. The van der Waals surface area contributed by atoms with Crippen LogP contribution in [0.1, 0.15) is 27.0 Å². The molecule has 2 aromatic heterocycles. The van der Waals surface area contributed by atoms with Crippen molar-refractivity contribution in [3.63, 3.8) is 0 Å². The van der Waals surface area contributed by atoms with Crippen LogP contribution in [0.4, 0.5) is 5.82 Å². The summed E-state index contributed by atoms with van der Waals surface area (Å²) in [6.45, 7) is 5.84. The maximum Gasteiger partial charge on any atom is 0.342 e. The number of carbonyl (C=O) groups is 1. The molecular weight excluding hydrogens is 398 g/mol. The average molecular weight is 418 g/mol. The number of anilines is 1. The first-order valence-electron chi connectivity index (χ1n) is 8.01. The van der Waals surface area contributed by atoms with E-state index in [-0.39, 0.29) is 5.82 Å². The van der Waals surface area contributed by atoms with Gasteiger partial charge in [0.2, 0.25) is 0 Å². The Hall–Kier alpha value is -2.54. The maximum absolute atomic E-state index is 12.5. The smallest absolute Gasteiger partial charge is 0.342 e. The number of esters is 1. The Morgan fingerprint density at radius 2 is 1.88 bits per heavy atom. The fourth-order valence-electron chi connectivity index (χ4n) is 3.24. The Morgan fingerprint density at radius 1 is 1.19 bits per heavy atom. The fraction of sp³-hybridized carbons (Fsp3) is 0.263. The van der Waals surface area contributed by atoms with E-state index in [1.165, 1.54) is 7.11 Å². The zero-order valence-electron chi connectivity index (χ0n) is 15.3. The number of ether oxygens (including phenoxy) is 2. The van der Waals surface area contributed by atoms with E-state index in [2.05, 4.69) is 20.9 Å². The van der Waals surface area contributed by atoms with Gasteiger partial charge in [-0.3, -0.25) is 4.57 Å². The highest BCUT2D eigenvalue weighted by atomic mass is 79.9. The highest BCUT2D eigenvalue weighted by Gasteiger charge is 2.27. The molecule has 0 amide bonds. The van der Waals surface area contributed by atoms with Gasteiger partial charge in [-0.25, -0.2) is 9.78 Å². The van der Waals surface area contributed by atoms with Gasteiger partial charge < -0.3 is 15.2 Å². The number of methoxy groups -OCH3 is 2. The minimum Gasteiger partial charge on any atom is -0.496 e. The molecule has 1 aromatic carbocycles. The summed E-state index contributed by atoms with van der Waals surface area (Å²) in [6, 6.07) is 3.86. The average Bonchev–Trinajstić information content (AvgIpc) is 2.91. The molecule has 3 aromatic rings. The van der Waals surface area contributed by atoms with Crippen molar-refractivity contribution < 1.29 is 14.3 Å². The molecule has 0 fully saturated rings. The van der Waals surface area contributed by atoms with Crippen LogP contribution in [-0.4, -0.2) is 29.7 Å². The summed E-state index contributed by atoms with van der Waals surface area (Å²) < 4.78 is 13.0. The molecule has 0 atom stereocenters. The second kappa shape index (κ2) is 6.64. The number of nitrogens with two attached hydrogens (primary N) is 1. The molecule has 0 unspecified atom stereocenters. The van der Waals surface area contributed by atoms with Gasteiger partial charge in [-0.2, -0.15) is 0 Å². The van der Waals surface area contributed by atoms with E-state index in [1.807, 2.05) is 32.9 Å². The van der Waals surface area contributed by atoms with Crippen molar-refractivity contribution >= 4 is 38.8 Å². The monoisotopic (exact) mass is 417 g/mol. The van der Waals surface area contributed by atoms with Crippen molar-refractivity contribution in [3.8, 4) is 11.4 Å². The summed E-state index contributed by atoms with van der Waals surface area (Å²) in [5, 5.41) is 0.635. The van der Waals surface area contributed by atoms with Crippen molar-refractivity contribution in [1.82, 2.24) is 9.55 Å². The highest BCUT2D eigenvalue weighted by Crippen LogP contribution is 2.39. The summed E-state index contributed by atoms with van der Waals surface area (Å²) >= 11 is 3.57. The van der Waals surface area contributed by atoms with E-state index in [4.69, 9.17) is 15.2 Å². The molecule has 26 heavy (non-hydrogen) atoms. The van der Waals surface area contributed by atoms with E-state index in [9.17, 15) is 4.79 Å². The van der Waals surface area contributed by atoms with Crippen LogP contribution >= 0.6 is 15.9 Å². The van der Waals surface area contributed by atoms with Crippen LogP contribution < -0.4 is 10.5 Å². The van der Waals surface area contributed by atoms with Gasteiger partial charge in [0.15, 0.2) is 0 Å². The minimum atomic E-state index is -0.502. The van der Waals surface area contributed by atoms with Gasteiger partial charge in [-0.1, -0.05) is 6.07 Å². The molecule has 0 bridgehead atoms. The number of hydrogen-bond donors (Lipinski definition) is 1. The van der Waals surface area contributed by atoms with Gasteiger partial charge >= 0.3 is 5.97 Å². The largest absolute Gasteiger partial charge is 0.496 e. The third-order valence-electron chi connectivity index (χ3n) is 4.54. The zero-order valence-corrected chi connectivity index (χ0v) is 16.9. The fourth-order valence-corrected chi connectivity index (χ4v) is 3.71. The standard InChI is InChI=1S/C19H20BrN3O3/c1-9-6-7-12(25-4)11(3)16(9)23-17(21)14(19(24)26-5)13-15(20)10(2)8-22-18(13)23/h6-8H,21H2,1-5H3. The minimum absolute atomic E-state index is 0.283. The number of nitrogens with zero attached hydrogens (tertiary/aromatic N) is 2. The van der Waals surface area contributed by atoms with Crippen molar-refractivity contribution in [1.29, 1.82) is 0 Å². The van der Waals surface area contributed by atoms with E-state index in [0.717, 1.165) is 32.6 Å². The van der Waals surface area contributed by atoms with Crippen LogP contribution in [-0.2, 0) is 4.74 Å². The molecule has 136 valence electrons. The first-order valence-corrected chi connectivity index (χ1v) is 8.80. The number of carbonyl (C=O) groups excluding carboxylic acids is 1. The van der Waals surface area contributed by atoms with Gasteiger partial charge in [0.1, 0.15) is 22.8 Å². The SMILES string of the molecule is COC(=O)c1c(N)n(-c2c(C)ccc(OC)c2C)c2ncc(C)c(Br)c12. The molecule has 0 spiro atoms. The first kappa shape index (κ1) is 18.3. The van der Waals surface area contributed by atoms with Crippen molar-refractivity contribution in [2.24, 2.45) is 0 Å². The Kier molecular flexibility index (Phi) is 4.66. The van der Waals surface area contributed by atoms with E-state index >= 15 is 0 Å². The molecule has 0 aliphatic heterocycles. The Bertz CT molecular complexity index is 1040. The molecule has 0 saturated heterocycles. The van der Waals surface area contributed by atoms with Gasteiger partial charge in [-0.05, 0) is 53.9 Å². The third kappa shape index (κ3) is 2.54. The van der Waals surface area contributed by atoms with Crippen LogP contribution in [0.25, 0.3) is 16.7 Å². The molecule has 0 aliphatic rings. The number of hydrogen-bond acceptors (Lipinski definition) is 5. The zero-order chi connectivity index (χ0) is 19.2. The predicted octanol–water partition coefficient (Wildman–Crippen LogP) is 4.09. The summed E-state index contributed by atoms with van der Waals surface area (Å²) in [6.07, 6.45) is 1.74. The van der Waals surface area contributed by atoms with Gasteiger partial charge in [0, 0.05) is 16.2 Å². The molecule has 7 heteroatoms. The lowest BCUT2D eigenvalue weighted by atomic mass is 10.1. The number of benzene rings is 1. The van der Waals surface area contributed by atoms with Crippen LogP contribution in [0, 0.1) is 20.8 Å². The lowest BCUT2D eigenvalue weighted by molar-refractivity contribution is 0.0604. The molecule has 0 aliphatic carbocycles. The quantitative estimate of drug-likeness (QED) is 0.649. The van der Waals surface area contributed by atoms with E-state index < -0.39 is 5.97 Å². The van der Waals surface area contributed by atoms with Crippen LogP contribution in [0.15, 0.2) is 22.8 Å². The number of aromatic nitrogens is 2. The van der Waals surface area contributed by atoms with Crippen molar-refractivity contribution in [2.45, 2.75) is 20.8 Å². The highest BCUT2D eigenvalue weighted by molar-refractivity contribution is 9.10. The van der Waals surface area contributed by atoms with Crippen LogP contribution in [0.2, 0.25) is 0 Å². The van der Waals surface area contributed by atoms with E-state index in [0.29, 0.717) is 16.6 Å². The lowest BCUT2D eigenvalue weighted by Crippen LogP contribution is -2.09. The normalized spacial score (nSPS) is 11.0. The molecule has 2 heterocycles. The Balaban J connectivity index is 2.53. The topological polar surface area (TPSA) is 79.4 Å². The second-order valence-corrected chi connectivity index (χ2v) is 6.89. The molecule has 3 rings (SSSR count). The summed E-state index contributed by atoms with van der Waals surface area (Å²) in [5.74, 6) is 0.514. The Labute approximate surface area is 160 Å². The predicted molar refractivity (Wildman–Crippen MR) is 105 cm³/mol. The van der Waals surface area contributed by atoms with Crippen LogP contribution in [0.5, 0.6) is 5.75 Å². The van der Waals surface area contributed by atoms with Gasteiger partial charge in [0.05, 0.1) is 25.3 Å². The van der Waals surface area contributed by atoms with Crippen LogP contribution in [0.3, 0.4) is 0 Å². The number of fused-ring (bicyclic) bond motifs is 1. The summed E-state index contributed by atoms with van der Waals surface area (Å²) in [5.41, 5.74) is 11.0. The molecule has 0 radical (unpaired) electrons. The van der Waals surface area contributed by atoms with Crippen molar-refractivity contribution in [2.75, 3.05) is 20.0 Å². The van der Waals surface area contributed by atoms with Crippen molar-refractivity contribution in [3.05, 3.63) is 45.1 Å². The number of rotatable bonds is 3. The number of aryl methyl sites for hydroxylation is 2. The summed E-state index contributed by atoms with van der Waals surface area (Å²) in [4.78, 5) is 17.0. The molecule has 2 N–H and O–H groups in total. The number of pyridine rings is 1. The van der Waals surface area contributed by atoms with E-state index in [1.54, 1.807) is 17.9 Å². The maximum atomic E-state index is 12.5. The Morgan fingerprint density at radius 3 is 2.50 bits per heavy atom. The first-order chi connectivity index (χ1) is 12.3. The molecular formula is C19H20BrN3O3. The molecule has 6 nitrogen and oxygen atoms in total. The number of nitrogen functional groups attached to an aromatic ring is 1. The molecule has 0 saturated carbocycles. The lowest BCUT2D eigenvalue weighted by Gasteiger charge is -2.16. The third-order valence-corrected chi connectivity index (χ3v) is 5.57. The van der Waals surface area contributed by atoms with Gasteiger partial charge in [-0.15, -0.1) is 0 Å². The second-order valence-electron chi connectivity index (χ2n) is 6.10. The number of halogens is 1. The van der Waals surface area contributed by atoms with Gasteiger partial charge in [0.25, 0.3) is 0 Å².